The number of amides is 1. The minimum absolute atomic E-state index is 0.0242. The summed E-state index contributed by atoms with van der Waals surface area (Å²) in [5.74, 6) is -0.125. The molecule has 1 amide bonds. The fourth-order valence-electron chi connectivity index (χ4n) is 2.30. The van der Waals surface area contributed by atoms with Gasteiger partial charge in [-0.1, -0.05) is 47.1 Å². The molecular formula is C18H15ClFN3O2. The molecule has 1 unspecified atom stereocenters. The van der Waals surface area contributed by atoms with Crippen molar-refractivity contribution in [3.05, 3.63) is 70.8 Å². The fraction of sp³-hybridized carbons (Fsp3) is 0.167. The zero-order chi connectivity index (χ0) is 17.8. The molecule has 3 rings (SSSR count). The van der Waals surface area contributed by atoms with Crippen molar-refractivity contribution in [2.75, 3.05) is 0 Å². The molecule has 0 radical (unpaired) electrons. The summed E-state index contributed by atoms with van der Waals surface area (Å²) in [5, 5.41) is 6.67. The Balaban J connectivity index is 1.62. The number of halogens is 2. The highest BCUT2D eigenvalue weighted by Gasteiger charge is 2.15. The third-order valence-corrected chi connectivity index (χ3v) is 3.85. The van der Waals surface area contributed by atoms with E-state index in [0.717, 1.165) is 11.6 Å². The Bertz CT molecular complexity index is 883. The molecule has 1 heterocycles. The van der Waals surface area contributed by atoms with Crippen molar-refractivity contribution in [1.29, 1.82) is 0 Å². The number of nitrogens with zero attached hydrogens (tertiary/aromatic N) is 2. The molecule has 2 aromatic carbocycles. The van der Waals surface area contributed by atoms with E-state index in [9.17, 15) is 9.18 Å². The van der Waals surface area contributed by atoms with Crippen LogP contribution in [0.4, 0.5) is 4.39 Å². The standard InChI is InChI=1S/C18H15ClFN3O2/c1-11(21-18(24)13-7-8-14(19)15(20)10-13)9-16-22-17(23-25-16)12-5-3-2-4-6-12/h2-8,10-11H,9H2,1H3,(H,21,24). The number of benzene rings is 2. The number of hydrogen-bond acceptors (Lipinski definition) is 4. The van der Waals surface area contributed by atoms with E-state index in [2.05, 4.69) is 15.5 Å². The molecule has 0 saturated heterocycles. The van der Waals surface area contributed by atoms with Crippen molar-refractivity contribution in [3.8, 4) is 11.4 Å². The van der Waals surface area contributed by atoms with Crippen LogP contribution >= 0.6 is 11.6 Å². The van der Waals surface area contributed by atoms with Gasteiger partial charge in [-0.25, -0.2) is 4.39 Å². The topological polar surface area (TPSA) is 68.0 Å². The molecule has 5 nitrogen and oxygen atoms in total. The van der Waals surface area contributed by atoms with Gasteiger partial charge in [-0.2, -0.15) is 4.98 Å². The maximum absolute atomic E-state index is 13.4. The minimum Gasteiger partial charge on any atom is -0.349 e. The predicted octanol–water partition coefficient (Wildman–Crippen LogP) is 3.89. The molecule has 0 aliphatic heterocycles. The Hall–Kier alpha value is -2.73. The van der Waals surface area contributed by atoms with Gasteiger partial charge in [-0.05, 0) is 25.1 Å². The zero-order valence-electron chi connectivity index (χ0n) is 13.4. The molecule has 0 aliphatic carbocycles. The smallest absolute Gasteiger partial charge is 0.251 e. The normalized spacial score (nSPS) is 12.0. The lowest BCUT2D eigenvalue weighted by Crippen LogP contribution is -2.34. The van der Waals surface area contributed by atoms with Gasteiger partial charge in [-0.3, -0.25) is 4.79 Å². The first kappa shape index (κ1) is 17.1. The van der Waals surface area contributed by atoms with Gasteiger partial charge in [0.15, 0.2) is 0 Å². The summed E-state index contributed by atoms with van der Waals surface area (Å²) in [7, 11) is 0. The zero-order valence-corrected chi connectivity index (χ0v) is 14.1. The average Bonchev–Trinajstić information content (AvgIpc) is 3.06. The van der Waals surface area contributed by atoms with Crippen LogP contribution in [0.1, 0.15) is 23.2 Å². The summed E-state index contributed by atoms with van der Waals surface area (Å²) in [6, 6.07) is 13.1. The van der Waals surface area contributed by atoms with Crippen LogP contribution in [0.2, 0.25) is 5.02 Å². The van der Waals surface area contributed by atoms with Crippen molar-refractivity contribution in [3.63, 3.8) is 0 Å². The van der Waals surface area contributed by atoms with Crippen LogP contribution in [-0.2, 0) is 6.42 Å². The molecule has 0 saturated carbocycles. The van der Waals surface area contributed by atoms with Gasteiger partial charge in [0.25, 0.3) is 5.91 Å². The number of hydrogen-bond donors (Lipinski definition) is 1. The number of nitrogens with one attached hydrogen (secondary N) is 1. The van der Waals surface area contributed by atoms with E-state index in [1.165, 1.54) is 12.1 Å². The van der Waals surface area contributed by atoms with E-state index in [0.29, 0.717) is 18.1 Å². The Morgan fingerprint density at radius 1 is 1.28 bits per heavy atom. The lowest BCUT2D eigenvalue weighted by molar-refractivity contribution is 0.0938. The lowest BCUT2D eigenvalue weighted by Gasteiger charge is -2.11. The highest BCUT2D eigenvalue weighted by atomic mass is 35.5. The van der Waals surface area contributed by atoms with E-state index in [1.54, 1.807) is 6.92 Å². The largest absolute Gasteiger partial charge is 0.349 e. The number of carbonyl (C=O) groups excluding carboxylic acids is 1. The van der Waals surface area contributed by atoms with Crippen molar-refractivity contribution in [2.24, 2.45) is 0 Å². The quantitative estimate of drug-likeness (QED) is 0.750. The van der Waals surface area contributed by atoms with Crippen molar-refractivity contribution in [2.45, 2.75) is 19.4 Å². The van der Waals surface area contributed by atoms with Gasteiger partial charge >= 0.3 is 0 Å². The lowest BCUT2D eigenvalue weighted by atomic mass is 10.1. The SMILES string of the molecule is CC(Cc1nc(-c2ccccc2)no1)NC(=O)c1ccc(Cl)c(F)c1. The van der Waals surface area contributed by atoms with Gasteiger partial charge in [0.2, 0.25) is 11.7 Å². The first-order valence-corrected chi connectivity index (χ1v) is 8.04. The van der Waals surface area contributed by atoms with Gasteiger partial charge in [0.1, 0.15) is 5.82 Å². The molecule has 0 bridgehead atoms. The van der Waals surface area contributed by atoms with Crippen LogP contribution in [0, 0.1) is 5.82 Å². The van der Waals surface area contributed by atoms with E-state index in [-0.39, 0.29) is 16.6 Å². The summed E-state index contributed by atoms with van der Waals surface area (Å²) in [4.78, 5) is 16.5. The first-order valence-electron chi connectivity index (χ1n) is 7.67. The van der Waals surface area contributed by atoms with E-state index < -0.39 is 11.7 Å². The first-order chi connectivity index (χ1) is 12.0. The Labute approximate surface area is 148 Å². The van der Waals surface area contributed by atoms with Crippen LogP contribution in [0.15, 0.2) is 53.1 Å². The average molecular weight is 360 g/mol. The molecule has 1 aromatic heterocycles. The maximum atomic E-state index is 13.4. The molecule has 1 N–H and O–H groups in total. The highest BCUT2D eigenvalue weighted by Crippen LogP contribution is 2.17. The van der Waals surface area contributed by atoms with Gasteiger partial charge in [0, 0.05) is 23.6 Å². The van der Waals surface area contributed by atoms with Gasteiger partial charge < -0.3 is 9.84 Å². The van der Waals surface area contributed by atoms with Gasteiger partial charge in [-0.15, -0.1) is 0 Å². The Kier molecular flexibility index (Phi) is 5.09. The second kappa shape index (κ2) is 7.44. The molecule has 128 valence electrons. The van der Waals surface area contributed by atoms with Crippen LogP contribution in [0.3, 0.4) is 0 Å². The molecule has 0 aliphatic rings. The van der Waals surface area contributed by atoms with Crippen LogP contribution in [-0.4, -0.2) is 22.1 Å². The third kappa shape index (κ3) is 4.22. The second-order valence-electron chi connectivity index (χ2n) is 5.59. The maximum Gasteiger partial charge on any atom is 0.251 e. The Morgan fingerprint density at radius 2 is 2.04 bits per heavy atom. The Morgan fingerprint density at radius 3 is 2.76 bits per heavy atom. The molecule has 7 heteroatoms. The molecule has 1 atom stereocenters. The van der Waals surface area contributed by atoms with Crippen molar-refractivity contribution >= 4 is 17.5 Å². The summed E-state index contributed by atoms with van der Waals surface area (Å²) in [6.07, 6.45) is 0.363. The summed E-state index contributed by atoms with van der Waals surface area (Å²) in [6.45, 7) is 1.80. The van der Waals surface area contributed by atoms with E-state index >= 15 is 0 Å². The fourth-order valence-corrected chi connectivity index (χ4v) is 2.42. The van der Waals surface area contributed by atoms with Crippen LogP contribution < -0.4 is 5.32 Å². The molecule has 0 fully saturated rings. The van der Waals surface area contributed by atoms with Crippen LogP contribution in [0.5, 0.6) is 0 Å². The number of aromatic nitrogens is 2. The van der Waals surface area contributed by atoms with Gasteiger partial charge in [0.05, 0.1) is 5.02 Å². The van der Waals surface area contributed by atoms with Crippen LogP contribution in [0.25, 0.3) is 11.4 Å². The number of carbonyl (C=O) groups is 1. The molecule has 25 heavy (non-hydrogen) atoms. The minimum atomic E-state index is -0.633. The van der Waals surface area contributed by atoms with E-state index in [1.807, 2.05) is 30.3 Å². The highest BCUT2D eigenvalue weighted by molar-refractivity contribution is 6.30. The third-order valence-electron chi connectivity index (χ3n) is 3.54. The number of rotatable bonds is 5. The molecular weight excluding hydrogens is 345 g/mol. The molecule has 3 aromatic rings. The molecule has 0 spiro atoms. The van der Waals surface area contributed by atoms with Crippen molar-refractivity contribution in [1.82, 2.24) is 15.5 Å². The summed E-state index contributed by atoms with van der Waals surface area (Å²) < 4.78 is 18.7. The predicted molar refractivity (Wildman–Crippen MR) is 91.8 cm³/mol. The monoisotopic (exact) mass is 359 g/mol. The summed E-state index contributed by atoms with van der Waals surface area (Å²) >= 11 is 5.62. The van der Waals surface area contributed by atoms with Crippen molar-refractivity contribution < 1.29 is 13.7 Å². The van der Waals surface area contributed by atoms with E-state index in [4.69, 9.17) is 16.1 Å². The summed E-state index contributed by atoms with van der Waals surface area (Å²) in [5.41, 5.74) is 1.05. The second-order valence-corrected chi connectivity index (χ2v) is 5.99.